The van der Waals surface area contributed by atoms with Crippen molar-refractivity contribution in [3.8, 4) is 11.8 Å². The van der Waals surface area contributed by atoms with Crippen molar-refractivity contribution in [2.45, 2.75) is 24.8 Å². The summed E-state index contributed by atoms with van der Waals surface area (Å²) in [6, 6.07) is 7.33. The van der Waals surface area contributed by atoms with Crippen molar-refractivity contribution in [2.75, 3.05) is 24.6 Å². The Morgan fingerprint density at radius 2 is 1.97 bits per heavy atom. The Bertz CT molecular complexity index is 963. The molecular formula is C20H21F2N5O4. The van der Waals surface area contributed by atoms with Gasteiger partial charge in [-0.25, -0.2) is 18.6 Å². The predicted molar refractivity (Wildman–Crippen MR) is 105 cm³/mol. The van der Waals surface area contributed by atoms with Crippen molar-refractivity contribution in [1.82, 2.24) is 15.3 Å². The molecule has 1 aliphatic heterocycles. The summed E-state index contributed by atoms with van der Waals surface area (Å²) in [6.07, 6.45) is 2.21. The van der Waals surface area contributed by atoms with E-state index in [0.29, 0.717) is 18.1 Å². The molecule has 0 unspecified atom stereocenters. The second kappa shape index (κ2) is 8.32. The number of carbonyl (C=O) groups excluding carboxylic acids is 2. The zero-order chi connectivity index (χ0) is 22.0. The number of benzene rings is 1. The third-order valence-electron chi connectivity index (χ3n) is 4.87. The number of nitrogens with two attached hydrogens (primary N) is 1. The van der Waals surface area contributed by atoms with Crippen LogP contribution in [0.5, 0.6) is 11.8 Å². The smallest absolute Gasteiger partial charge is 0.414 e. The monoisotopic (exact) mass is 433 g/mol. The van der Waals surface area contributed by atoms with Crippen LogP contribution in [0.3, 0.4) is 0 Å². The molecule has 1 saturated carbocycles. The summed E-state index contributed by atoms with van der Waals surface area (Å²) in [7, 11) is 0. The number of ether oxygens (including phenoxy) is 2. The molecule has 164 valence electrons. The van der Waals surface area contributed by atoms with Crippen LogP contribution in [-0.4, -0.2) is 47.6 Å². The third-order valence-corrected chi connectivity index (χ3v) is 4.87. The minimum Gasteiger partial charge on any atom is -0.475 e. The van der Waals surface area contributed by atoms with Crippen molar-refractivity contribution in [2.24, 2.45) is 11.7 Å². The molecule has 0 radical (unpaired) electrons. The van der Waals surface area contributed by atoms with Crippen molar-refractivity contribution in [3.05, 3.63) is 42.1 Å². The van der Waals surface area contributed by atoms with Gasteiger partial charge in [-0.2, -0.15) is 4.98 Å². The van der Waals surface area contributed by atoms with Crippen LogP contribution in [-0.2, 0) is 4.79 Å². The van der Waals surface area contributed by atoms with Crippen LogP contribution in [0.25, 0.3) is 0 Å². The standard InChI is InChI=1S/C20H21F2N5O4/c21-20(22)10-27(11-20)17-18(30-9-12-6-7-12)25-14(8-24-17)31-19(29)26-15(16(23)28)13-4-2-1-3-5-13/h1-5,8,12,15H,6-7,9-11H2,(H2,23,28)(H,26,29)/t15-/m0/s1. The lowest BCUT2D eigenvalue weighted by Crippen LogP contribution is -2.56. The van der Waals surface area contributed by atoms with Gasteiger partial charge in [0, 0.05) is 0 Å². The first-order chi connectivity index (χ1) is 14.8. The average molecular weight is 433 g/mol. The summed E-state index contributed by atoms with van der Waals surface area (Å²) in [5.41, 5.74) is 5.87. The number of rotatable bonds is 8. The largest absolute Gasteiger partial charge is 0.475 e. The zero-order valence-corrected chi connectivity index (χ0v) is 16.5. The zero-order valence-electron chi connectivity index (χ0n) is 16.5. The molecule has 1 saturated heterocycles. The van der Waals surface area contributed by atoms with Gasteiger partial charge >= 0.3 is 6.09 Å². The number of nitrogens with zero attached hydrogens (tertiary/aromatic N) is 3. The molecule has 3 N–H and O–H groups in total. The summed E-state index contributed by atoms with van der Waals surface area (Å²) in [6.45, 7) is -0.599. The Kier molecular flexibility index (Phi) is 5.57. The van der Waals surface area contributed by atoms with E-state index in [4.69, 9.17) is 15.2 Å². The maximum Gasteiger partial charge on any atom is 0.414 e. The van der Waals surface area contributed by atoms with Crippen molar-refractivity contribution >= 4 is 17.8 Å². The summed E-state index contributed by atoms with van der Waals surface area (Å²) in [4.78, 5) is 33.6. The Balaban J connectivity index is 1.46. The lowest BCUT2D eigenvalue weighted by atomic mass is 10.1. The number of nitrogens with one attached hydrogen (secondary N) is 1. The van der Waals surface area contributed by atoms with E-state index in [1.807, 2.05) is 0 Å². The van der Waals surface area contributed by atoms with Gasteiger partial charge < -0.3 is 25.4 Å². The molecule has 2 fully saturated rings. The lowest BCUT2D eigenvalue weighted by Gasteiger charge is -2.39. The summed E-state index contributed by atoms with van der Waals surface area (Å²) < 4.78 is 37.3. The molecule has 1 aliphatic carbocycles. The second-order valence-electron chi connectivity index (χ2n) is 7.58. The van der Waals surface area contributed by atoms with Gasteiger partial charge in [-0.3, -0.25) is 4.79 Å². The molecule has 2 heterocycles. The van der Waals surface area contributed by atoms with Gasteiger partial charge in [0.2, 0.25) is 11.8 Å². The van der Waals surface area contributed by atoms with E-state index in [9.17, 15) is 18.4 Å². The fourth-order valence-corrected chi connectivity index (χ4v) is 3.06. The van der Waals surface area contributed by atoms with Gasteiger partial charge in [0.05, 0.1) is 25.9 Å². The predicted octanol–water partition coefficient (Wildman–Crippen LogP) is 2.04. The van der Waals surface area contributed by atoms with E-state index >= 15 is 0 Å². The first-order valence-corrected chi connectivity index (χ1v) is 9.76. The van der Waals surface area contributed by atoms with Crippen LogP contribution < -0.4 is 25.4 Å². The number of amides is 2. The molecule has 11 heteroatoms. The Labute approximate surface area is 176 Å². The SMILES string of the molecule is NC(=O)[C@@H](NC(=O)Oc1cnc(N2CC(F)(F)C2)c(OCC2CC2)n1)c1ccccc1. The van der Waals surface area contributed by atoms with E-state index < -0.39 is 37.1 Å². The molecule has 2 aliphatic rings. The highest BCUT2D eigenvalue weighted by molar-refractivity contribution is 5.85. The van der Waals surface area contributed by atoms with E-state index in [2.05, 4.69) is 15.3 Å². The topological polar surface area (TPSA) is 120 Å². The quantitative estimate of drug-likeness (QED) is 0.654. The molecule has 0 bridgehead atoms. The number of carbonyl (C=O) groups is 2. The fraction of sp³-hybridized carbons (Fsp3) is 0.400. The van der Waals surface area contributed by atoms with Gasteiger partial charge in [0.15, 0.2) is 5.82 Å². The van der Waals surface area contributed by atoms with E-state index in [1.165, 1.54) is 4.90 Å². The first-order valence-electron chi connectivity index (χ1n) is 9.76. The Morgan fingerprint density at radius 3 is 2.58 bits per heavy atom. The molecule has 2 aromatic rings. The molecule has 4 rings (SSSR count). The number of primary amides is 1. The van der Waals surface area contributed by atoms with Gasteiger partial charge in [0.25, 0.3) is 11.8 Å². The van der Waals surface area contributed by atoms with Crippen molar-refractivity contribution in [3.63, 3.8) is 0 Å². The van der Waals surface area contributed by atoms with E-state index in [0.717, 1.165) is 19.0 Å². The van der Waals surface area contributed by atoms with Gasteiger partial charge in [-0.1, -0.05) is 30.3 Å². The number of hydrogen-bond donors (Lipinski definition) is 2. The Morgan fingerprint density at radius 1 is 1.26 bits per heavy atom. The third kappa shape index (κ3) is 5.16. The molecule has 9 nitrogen and oxygen atoms in total. The molecule has 1 aromatic heterocycles. The van der Waals surface area contributed by atoms with E-state index in [-0.39, 0.29) is 17.6 Å². The highest BCUT2D eigenvalue weighted by Crippen LogP contribution is 2.37. The van der Waals surface area contributed by atoms with Crippen molar-refractivity contribution < 1.29 is 27.8 Å². The lowest BCUT2D eigenvalue weighted by molar-refractivity contribution is -0.120. The summed E-state index contributed by atoms with van der Waals surface area (Å²) >= 11 is 0. The Hall–Kier alpha value is -3.50. The highest BCUT2D eigenvalue weighted by Gasteiger charge is 2.46. The summed E-state index contributed by atoms with van der Waals surface area (Å²) in [5, 5.41) is 2.38. The number of hydrogen-bond acceptors (Lipinski definition) is 7. The number of halogens is 2. The highest BCUT2D eigenvalue weighted by atomic mass is 19.3. The van der Waals surface area contributed by atoms with Crippen LogP contribution in [0.15, 0.2) is 36.5 Å². The van der Waals surface area contributed by atoms with Crippen LogP contribution in [0.2, 0.25) is 0 Å². The van der Waals surface area contributed by atoms with Crippen LogP contribution >= 0.6 is 0 Å². The van der Waals surface area contributed by atoms with E-state index in [1.54, 1.807) is 30.3 Å². The van der Waals surface area contributed by atoms with Gasteiger partial charge in [0.1, 0.15) is 6.04 Å². The van der Waals surface area contributed by atoms with Crippen LogP contribution in [0.1, 0.15) is 24.4 Å². The maximum atomic E-state index is 13.3. The summed E-state index contributed by atoms with van der Waals surface area (Å²) in [5.74, 6) is -3.18. The minimum atomic E-state index is -2.79. The van der Waals surface area contributed by atoms with Crippen LogP contribution in [0.4, 0.5) is 19.4 Å². The molecule has 31 heavy (non-hydrogen) atoms. The maximum absolute atomic E-state index is 13.3. The first kappa shape index (κ1) is 20.8. The average Bonchev–Trinajstić information content (AvgIpc) is 3.54. The van der Waals surface area contributed by atoms with Gasteiger partial charge in [-0.05, 0) is 24.3 Å². The minimum absolute atomic E-state index is 0.0159. The molecular weight excluding hydrogens is 412 g/mol. The number of alkyl halides is 2. The molecule has 1 aromatic carbocycles. The molecule has 1 atom stereocenters. The number of aromatic nitrogens is 2. The van der Waals surface area contributed by atoms with Crippen molar-refractivity contribution in [1.29, 1.82) is 0 Å². The molecule has 0 spiro atoms. The second-order valence-corrected chi connectivity index (χ2v) is 7.58. The normalized spacial score (nSPS) is 17.9. The number of anilines is 1. The van der Waals surface area contributed by atoms with Gasteiger partial charge in [-0.15, -0.1) is 0 Å². The fourth-order valence-electron chi connectivity index (χ4n) is 3.06. The van der Waals surface area contributed by atoms with Crippen LogP contribution in [0, 0.1) is 5.92 Å². The molecule has 2 amide bonds.